The summed E-state index contributed by atoms with van der Waals surface area (Å²) in [6.45, 7) is 2.47. The molecule has 2 fully saturated rings. The molecule has 2 aliphatic heterocycles. The molecule has 0 bridgehead atoms. The maximum Gasteiger partial charge on any atom is 0.319 e. The second-order valence-electron chi connectivity index (χ2n) is 6.66. The Balaban J connectivity index is 1.69. The van der Waals surface area contributed by atoms with Crippen molar-refractivity contribution in [2.45, 2.75) is 31.1 Å². The van der Waals surface area contributed by atoms with Crippen molar-refractivity contribution in [1.82, 2.24) is 19.6 Å². The maximum absolute atomic E-state index is 12.3. The highest BCUT2D eigenvalue weighted by atomic mass is 16.6. The Kier molecular flexibility index (Phi) is 4.86. The average molecular weight is 336 g/mol. The van der Waals surface area contributed by atoms with Crippen LogP contribution in [0, 0.1) is 0 Å². The van der Waals surface area contributed by atoms with Gasteiger partial charge in [-0.2, -0.15) is 5.10 Å². The Hall–Kier alpha value is -1.93. The van der Waals surface area contributed by atoms with Crippen LogP contribution in [0.3, 0.4) is 0 Å². The van der Waals surface area contributed by atoms with Gasteiger partial charge in [-0.3, -0.25) is 4.79 Å². The van der Waals surface area contributed by atoms with Crippen LogP contribution in [0.5, 0.6) is 0 Å². The van der Waals surface area contributed by atoms with Crippen molar-refractivity contribution in [3.8, 4) is 0 Å². The molecule has 0 aromatic carbocycles. The van der Waals surface area contributed by atoms with Gasteiger partial charge in [-0.1, -0.05) is 0 Å². The minimum Gasteiger partial charge on any atom is -0.377 e. The van der Waals surface area contributed by atoms with Gasteiger partial charge in [-0.05, 0) is 18.9 Å². The van der Waals surface area contributed by atoms with Crippen molar-refractivity contribution in [3.63, 3.8) is 0 Å². The Morgan fingerprint density at radius 2 is 2.33 bits per heavy atom. The quantitative estimate of drug-likeness (QED) is 0.770. The van der Waals surface area contributed by atoms with Gasteiger partial charge < -0.3 is 19.3 Å². The number of urea groups is 1. The molecule has 0 saturated carbocycles. The van der Waals surface area contributed by atoms with Gasteiger partial charge in [0, 0.05) is 32.9 Å². The van der Waals surface area contributed by atoms with E-state index in [-0.39, 0.29) is 17.7 Å². The van der Waals surface area contributed by atoms with Crippen LogP contribution >= 0.6 is 0 Å². The predicted molar refractivity (Wildman–Crippen MR) is 86.8 cm³/mol. The maximum atomic E-state index is 12.3. The number of hydrogen-bond acceptors (Lipinski definition) is 5. The zero-order valence-corrected chi connectivity index (χ0v) is 14.2. The standard InChI is InChI=1S/C16H24N4O4/c1-18(2)15(22)19-8-9-23-12-16(11-19)6-5-13(24-16)10-20-14(21)4-3-7-17-20/h3-4,7,13H,5-6,8-12H2,1-2H3/t13-,16+/m0/s1. The molecule has 24 heavy (non-hydrogen) atoms. The smallest absolute Gasteiger partial charge is 0.319 e. The van der Waals surface area contributed by atoms with E-state index in [1.165, 1.54) is 10.7 Å². The van der Waals surface area contributed by atoms with Crippen molar-refractivity contribution >= 4 is 6.03 Å². The van der Waals surface area contributed by atoms with Crippen LogP contribution in [-0.4, -0.2) is 77.7 Å². The monoisotopic (exact) mass is 336 g/mol. The normalized spacial score (nSPS) is 27.2. The Bertz CT molecular complexity index is 647. The molecule has 2 saturated heterocycles. The van der Waals surface area contributed by atoms with Crippen molar-refractivity contribution in [2.75, 3.05) is 40.4 Å². The van der Waals surface area contributed by atoms with Crippen LogP contribution in [0.15, 0.2) is 23.1 Å². The first-order chi connectivity index (χ1) is 11.5. The van der Waals surface area contributed by atoms with E-state index < -0.39 is 5.60 Å². The highest BCUT2D eigenvalue weighted by molar-refractivity contribution is 5.74. The van der Waals surface area contributed by atoms with Gasteiger partial charge in [0.15, 0.2) is 0 Å². The van der Waals surface area contributed by atoms with E-state index >= 15 is 0 Å². The molecule has 3 rings (SSSR count). The number of hydrogen-bond donors (Lipinski definition) is 0. The van der Waals surface area contributed by atoms with E-state index in [0.717, 1.165) is 12.8 Å². The first-order valence-corrected chi connectivity index (χ1v) is 8.23. The van der Waals surface area contributed by atoms with Crippen LogP contribution in [0.25, 0.3) is 0 Å². The predicted octanol–water partition coefficient (Wildman–Crippen LogP) is 0.175. The lowest BCUT2D eigenvalue weighted by Gasteiger charge is -2.33. The molecular weight excluding hydrogens is 312 g/mol. The molecular formula is C16H24N4O4. The molecule has 3 heterocycles. The van der Waals surface area contributed by atoms with E-state index in [0.29, 0.717) is 32.8 Å². The number of carbonyl (C=O) groups excluding carboxylic acids is 1. The van der Waals surface area contributed by atoms with E-state index in [2.05, 4.69) is 5.10 Å². The summed E-state index contributed by atoms with van der Waals surface area (Å²) in [4.78, 5) is 27.4. The van der Waals surface area contributed by atoms with Gasteiger partial charge in [0.2, 0.25) is 0 Å². The number of rotatable bonds is 2. The fourth-order valence-corrected chi connectivity index (χ4v) is 3.32. The summed E-state index contributed by atoms with van der Waals surface area (Å²) in [5.41, 5.74) is -0.630. The van der Waals surface area contributed by atoms with Crippen LogP contribution in [0.2, 0.25) is 0 Å². The van der Waals surface area contributed by atoms with Gasteiger partial charge in [0.05, 0.1) is 32.4 Å². The fourth-order valence-electron chi connectivity index (χ4n) is 3.32. The number of amides is 2. The van der Waals surface area contributed by atoms with Crippen molar-refractivity contribution in [2.24, 2.45) is 0 Å². The highest BCUT2D eigenvalue weighted by Gasteiger charge is 2.44. The second kappa shape index (κ2) is 6.90. The summed E-state index contributed by atoms with van der Waals surface area (Å²) in [5, 5.41) is 4.08. The van der Waals surface area contributed by atoms with Gasteiger partial charge in [-0.25, -0.2) is 9.48 Å². The zero-order chi connectivity index (χ0) is 17.2. The summed E-state index contributed by atoms with van der Waals surface area (Å²) in [5.74, 6) is 0. The summed E-state index contributed by atoms with van der Waals surface area (Å²) < 4.78 is 13.4. The summed E-state index contributed by atoms with van der Waals surface area (Å²) in [6, 6.07) is 3.08. The van der Waals surface area contributed by atoms with Gasteiger partial charge in [0.25, 0.3) is 5.56 Å². The lowest BCUT2D eigenvalue weighted by atomic mass is 10.0. The van der Waals surface area contributed by atoms with Crippen molar-refractivity contribution in [1.29, 1.82) is 0 Å². The zero-order valence-electron chi connectivity index (χ0n) is 14.2. The Labute approximate surface area is 140 Å². The average Bonchev–Trinajstić information content (AvgIpc) is 2.82. The number of aromatic nitrogens is 2. The molecule has 1 aromatic rings. The minimum atomic E-state index is -0.495. The van der Waals surface area contributed by atoms with Gasteiger partial charge in [0.1, 0.15) is 5.60 Å². The van der Waals surface area contributed by atoms with E-state index in [4.69, 9.17) is 9.47 Å². The van der Waals surface area contributed by atoms with Crippen LogP contribution < -0.4 is 5.56 Å². The third-order valence-corrected chi connectivity index (χ3v) is 4.50. The van der Waals surface area contributed by atoms with Gasteiger partial charge in [-0.15, -0.1) is 0 Å². The Morgan fingerprint density at radius 1 is 1.50 bits per heavy atom. The van der Waals surface area contributed by atoms with E-state index in [1.54, 1.807) is 36.2 Å². The van der Waals surface area contributed by atoms with Crippen LogP contribution in [0.1, 0.15) is 12.8 Å². The lowest BCUT2D eigenvalue weighted by molar-refractivity contribution is -0.0882. The number of ether oxygens (including phenoxy) is 2. The Morgan fingerprint density at radius 3 is 3.08 bits per heavy atom. The molecule has 2 aliphatic rings. The molecule has 0 radical (unpaired) electrons. The molecule has 0 aliphatic carbocycles. The molecule has 132 valence electrons. The largest absolute Gasteiger partial charge is 0.377 e. The second-order valence-corrected chi connectivity index (χ2v) is 6.66. The van der Waals surface area contributed by atoms with E-state index in [9.17, 15) is 9.59 Å². The first kappa shape index (κ1) is 16.9. The molecule has 1 spiro atoms. The molecule has 0 N–H and O–H groups in total. The third-order valence-electron chi connectivity index (χ3n) is 4.50. The van der Waals surface area contributed by atoms with Crippen LogP contribution in [-0.2, 0) is 16.0 Å². The molecule has 2 atom stereocenters. The first-order valence-electron chi connectivity index (χ1n) is 8.23. The summed E-state index contributed by atoms with van der Waals surface area (Å²) >= 11 is 0. The topological polar surface area (TPSA) is 76.9 Å². The van der Waals surface area contributed by atoms with Gasteiger partial charge >= 0.3 is 6.03 Å². The minimum absolute atomic E-state index is 0.0344. The molecule has 0 unspecified atom stereocenters. The SMILES string of the molecule is CN(C)C(=O)N1CCOC[C@@]2(CC[C@@H](Cn3ncccc3=O)O2)C1. The third kappa shape index (κ3) is 3.59. The fraction of sp³-hybridized carbons (Fsp3) is 0.688. The summed E-state index contributed by atoms with van der Waals surface area (Å²) in [7, 11) is 3.49. The van der Waals surface area contributed by atoms with Crippen molar-refractivity contribution in [3.05, 3.63) is 28.7 Å². The molecule has 2 amide bonds. The number of nitrogens with zero attached hydrogens (tertiary/aromatic N) is 4. The molecule has 1 aromatic heterocycles. The number of carbonyl (C=O) groups is 1. The van der Waals surface area contributed by atoms with Crippen LogP contribution in [0.4, 0.5) is 4.79 Å². The molecule has 8 heteroatoms. The lowest BCUT2D eigenvalue weighted by Crippen LogP contribution is -2.49. The highest BCUT2D eigenvalue weighted by Crippen LogP contribution is 2.33. The van der Waals surface area contributed by atoms with E-state index in [1.807, 2.05) is 0 Å². The summed E-state index contributed by atoms with van der Waals surface area (Å²) in [6.07, 6.45) is 3.11. The molecule has 8 nitrogen and oxygen atoms in total. The van der Waals surface area contributed by atoms with Crippen molar-refractivity contribution < 1.29 is 14.3 Å².